The van der Waals surface area contributed by atoms with E-state index in [9.17, 15) is 31.2 Å². The molecule has 17 nitrogen and oxygen atoms in total. The number of para-hydroxylation sites is 2. The first-order valence-corrected chi connectivity index (χ1v) is 27.0. The number of carbonyl (C=O) groups excluding carboxylic acids is 3. The Labute approximate surface area is 415 Å². The molecular formula is C51H73N5O12S2. The van der Waals surface area contributed by atoms with Gasteiger partial charge in [0.15, 0.2) is 11.5 Å². The molecule has 0 bridgehead atoms. The Morgan fingerprint density at radius 3 is 1.24 bits per heavy atom. The number of hydrogen-bond acceptors (Lipinski definition) is 15. The lowest BCUT2D eigenvalue weighted by Crippen LogP contribution is -2.27. The predicted octanol–water partition coefficient (Wildman–Crippen LogP) is 9.24. The van der Waals surface area contributed by atoms with Crippen molar-refractivity contribution in [3.05, 3.63) is 96.1 Å². The molecule has 4 rings (SSSR count). The molecule has 4 N–H and O–H groups in total. The zero-order chi connectivity index (χ0) is 51.7. The summed E-state index contributed by atoms with van der Waals surface area (Å²) in [6.45, 7) is 13.0. The lowest BCUT2D eigenvalue weighted by Gasteiger charge is -2.28. The standard InChI is InChI=1S/C26H39N3O5S.C25H34N2O7S/c1-5-7-16-29(17-8-6-2)23-19-21(26(30)33-18-12-15-28(3)4)20-24(35(27,31)32)25(23)34-22-13-10-9-11-14-22;1-4-7-14-27(15-8-5-2)21-16-19(25(29)33-18-32-23(28)6-3)17-22(35(26,30)31)24(21)34-20-12-10-9-11-13-20/h9-11,13-14,19-20H,5-8,12,15-18H2,1-4H3,(H2,27,31,32);9-13,16-17H,4-8,14-15,18H2,1-3H3,(H2,26,30,31). The molecule has 0 spiro atoms. The van der Waals surface area contributed by atoms with Crippen LogP contribution < -0.4 is 29.6 Å². The minimum Gasteiger partial charge on any atom is -0.462 e. The van der Waals surface area contributed by atoms with Gasteiger partial charge in [0.1, 0.15) is 21.3 Å². The number of hydrogen-bond donors (Lipinski definition) is 2. The van der Waals surface area contributed by atoms with Gasteiger partial charge < -0.3 is 38.4 Å². The van der Waals surface area contributed by atoms with E-state index in [-0.39, 0.29) is 45.4 Å². The Balaban J connectivity index is 0.000000370. The summed E-state index contributed by atoms with van der Waals surface area (Å²) in [5, 5.41) is 11.2. The Morgan fingerprint density at radius 1 is 0.514 bits per heavy atom. The minimum atomic E-state index is -4.29. The van der Waals surface area contributed by atoms with Crippen LogP contribution in [0.2, 0.25) is 0 Å². The van der Waals surface area contributed by atoms with Crippen molar-refractivity contribution < 1.29 is 54.9 Å². The van der Waals surface area contributed by atoms with Crippen LogP contribution in [0.15, 0.2) is 94.7 Å². The lowest BCUT2D eigenvalue weighted by molar-refractivity contribution is -0.151. The molecule has 4 aromatic carbocycles. The van der Waals surface area contributed by atoms with Crippen LogP contribution >= 0.6 is 0 Å². The molecule has 0 unspecified atom stereocenters. The molecule has 0 aliphatic heterocycles. The van der Waals surface area contributed by atoms with Gasteiger partial charge in [-0.15, -0.1) is 0 Å². The van der Waals surface area contributed by atoms with Crippen LogP contribution in [0.4, 0.5) is 11.4 Å². The van der Waals surface area contributed by atoms with Crippen LogP contribution in [-0.2, 0) is 39.1 Å². The van der Waals surface area contributed by atoms with E-state index in [0.717, 1.165) is 64.0 Å². The zero-order valence-corrected chi connectivity index (χ0v) is 43.4. The Hall–Kier alpha value is -5.73. The first-order valence-electron chi connectivity index (χ1n) is 23.9. The monoisotopic (exact) mass is 1010 g/mol. The van der Waals surface area contributed by atoms with Gasteiger partial charge in [-0.1, -0.05) is 96.7 Å². The summed E-state index contributed by atoms with van der Waals surface area (Å²) in [7, 11) is -4.61. The van der Waals surface area contributed by atoms with E-state index in [4.69, 9.17) is 34.0 Å². The third-order valence-corrected chi connectivity index (χ3v) is 12.4. The fraction of sp³-hybridized carbons (Fsp3) is 0.471. The van der Waals surface area contributed by atoms with Gasteiger partial charge in [-0.2, -0.15) is 0 Å². The summed E-state index contributed by atoms with van der Waals surface area (Å²) < 4.78 is 78.1. The highest BCUT2D eigenvalue weighted by molar-refractivity contribution is 7.89. The van der Waals surface area contributed by atoms with E-state index >= 15 is 0 Å². The van der Waals surface area contributed by atoms with Crippen LogP contribution in [0.3, 0.4) is 0 Å². The number of sulfonamides is 2. The predicted molar refractivity (Wildman–Crippen MR) is 273 cm³/mol. The Morgan fingerprint density at radius 2 is 0.900 bits per heavy atom. The topological polar surface area (TPSA) is 227 Å². The average Bonchev–Trinajstić information content (AvgIpc) is 3.33. The van der Waals surface area contributed by atoms with Gasteiger partial charge in [0.2, 0.25) is 26.8 Å². The molecule has 0 aliphatic rings. The fourth-order valence-electron chi connectivity index (χ4n) is 6.79. The quantitative estimate of drug-likeness (QED) is 0.0293. The number of primary sulfonamides is 2. The molecule has 0 saturated carbocycles. The average molecular weight is 1010 g/mol. The zero-order valence-electron chi connectivity index (χ0n) is 41.8. The molecule has 0 saturated heterocycles. The summed E-state index contributed by atoms with van der Waals surface area (Å²) in [5.41, 5.74) is 1.02. The van der Waals surface area contributed by atoms with Crippen LogP contribution in [0.1, 0.15) is 120 Å². The highest BCUT2D eigenvalue weighted by atomic mass is 32.2. The van der Waals surface area contributed by atoms with Crippen LogP contribution in [0.25, 0.3) is 0 Å². The molecule has 0 radical (unpaired) electrons. The van der Waals surface area contributed by atoms with Crippen molar-refractivity contribution in [1.82, 2.24) is 4.90 Å². The van der Waals surface area contributed by atoms with E-state index in [0.29, 0.717) is 55.5 Å². The molecule has 4 aromatic rings. The summed E-state index contributed by atoms with van der Waals surface area (Å²) in [5.74, 6) is -0.908. The Kier molecular flexibility index (Phi) is 25.2. The van der Waals surface area contributed by atoms with Crippen molar-refractivity contribution in [2.24, 2.45) is 10.3 Å². The van der Waals surface area contributed by atoms with Crippen molar-refractivity contribution in [3.63, 3.8) is 0 Å². The molecule has 0 amide bonds. The van der Waals surface area contributed by atoms with Crippen LogP contribution in [0, 0.1) is 0 Å². The molecule has 386 valence electrons. The van der Waals surface area contributed by atoms with Gasteiger partial charge in [0, 0.05) is 39.1 Å². The summed E-state index contributed by atoms with van der Waals surface area (Å²) in [6, 6.07) is 23.2. The normalized spacial score (nSPS) is 11.3. The van der Waals surface area contributed by atoms with Crippen LogP contribution in [0.5, 0.6) is 23.0 Å². The van der Waals surface area contributed by atoms with Gasteiger partial charge in [-0.05, 0) is 94.7 Å². The summed E-state index contributed by atoms with van der Waals surface area (Å²) in [6.07, 6.45) is 8.07. The van der Waals surface area contributed by atoms with Gasteiger partial charge in [0.25, 0.3) is 0 Å². The van der Waals surface area contributed by atoms with E-state index < -0.39 is 44.7 Å². The SMILES string of the molecule is CCCCN(CCCC)c1cc(C(=O)OCCCN(C)C)cc(S(N)(=O)=O)c1Oc1ccccc1.CCCCN(CCCC)c1cc(C(=O)OCOC(=O)CC)cc(S(N)(=O)=O)c1Oc1ccccc1. The maximum Gasteiger partial charge on any atom is 0.341 e. The van der Waals surface area contributed by atoms with E-state index in [2.05, 4.69) is 32.6 Å². The molecular weight excluding hydrogens is 939 g/mol. The van der Waals surface area contributed by atoms with E-state index in [1.54, 1.807) is 61.5 Å². The molecule has 0 heterocycles. The number of ether oxygens (including phenoxy) is 5. The van der Waals surface area contributed by atoms with Crippen molar-refractivity contribution in [2.45, 2.75) is 109 Å². The van der Waals surface area contributed by atoms with Crippen molar-refractivity contribution >= 4 is 49.3 Å². The maximum absolute atomic E-state index is 12.9. The van der Waals surface area contributed by atoms with Crippen molar-refractivity contribution in [1.29, 1.82) is 0 Å². The number of carbonyl (C=O) groups is 3. The second kappa shape index (κ2) is 30.1. The first-order chi connectivity index (χ1) is 33.4. The third kappa shape index (κ3) is 19.6. The number of rotatable bonds is 29. The van der Waals surface area contributed by atoms with E-state index in [1.807, 2.05) is 36.0 Å². The molecule has 0 aliphatic carbocycles. The van der Waals surface area contributed by atoms with Gasteiger partial charge in [-0.25, -0.2) is 36.7 Å². The van der Waals surface area contributed by atoms with Crippen LogP contribution in [-0.4, -0.2) is 99.9 Å². The second-order valence-electron chi connectivity index (χ2n) is 16.7. The molecule has 0 aromatic heterocycles. The van der Waals surface area contributed by atoms with Crippen molar-refractivity contribution in [3.8, 4) is 23.0 Å². The highest BCUT2D eigenvalue weighted by Crippen LogP contribution is 2.41. The molecule has 0 atom stereocenters. The third-order valence-electron chi connectivity index (χ3n) is 10.6. The number of esters is 3. The summed E-state index contributed by atoms with van der Waals surface area (Å²) >= 11 is 0. The van der Waals surface area contributed by atoms with Gasteiger partial charge in [0.05, 0.1) is 29.1 Å². The molecule has 0 fully saturated rings. The largest absolute Gasteiger partial charge is 0.462 e. The number of unbranched alkanes of at least 4 members (excludes halogenated alkanes) is 4. The number of benzene rings is 4. The minimum absolute atomic E-state index is 0.0415. The smallest absolute Gasteiger partial charge is 0.341 e. The molecule has 19 heteroatoms. The lowest BCUT2D eigenvalue weighted by atomic mass is 10.1. The van der Waals surface area contributed by atoms with Crippen molar-refractivity contribution in [2.75, 3.05) is 70.0 Å². The molecule has 70 heavy (non-hydrogen) atoms. The van der Waals surface area contributed by atoms with Gasteiger partial charge >= 0.3 is 17.9 Å². The maximum atomic E-state index is 12.9. The highest BCUT2D eigenvalue weighted by Gasteiger charge is 2.29. The number of anilines is 2. The number of nitrogens with two attached hydrogens (primary N) is 2. The second-order valence-corrected chi connectivity index (χ2v) is 19.7. The fourth-order valence-corrected chi connectivity index (χ4v) is 8.18. The van der Waals surface area contributed by atoms with E-state index in [1.165, 1.54) is 12.1 Å². The summed E-state index contributed by atoms with van der Waals surface area (Å²) in [4.78, 5) is 42.5. The first kappa shape index (κ1) is 58.6. The Bertz CT molecular complexity index is 2460. The van der Waals surface area contributed by atoms with Gasteiger partial charge in [-0.3, -0.25) is 4.79 Å². The number of nitrogens with zero attached hydrogens (tertiary/aromatic N) is 3.